The highest BCUT2D eigenvalue weighted by Crippen LogP contribution is 2.28. The average Bonchev–Trinajstić information content (AvgIpc) is 2.45. The average molecular weight is 124 g/mol. The predicted molar refractivity (Wildman–Crippen MR) is 31.3 cm³/mol. The lowest BCUT2D eigenvalue weighted by molar-refractivity contribution is -0.119. The fourth-order valence-electron chi connectivity index (χ4n) is 0.758. The van der Waals surface area contributed by atoms with Crippen molar-refractivity contribution in [2.75, 3.05) is 0 Å². The lowest BCUT2D eigenvalue weighted by Crippen LogP contribution is -2.23. The second-order valence-corrected chi connectivity index (χ2v) is 2.28. The van der Waals surface area contributed by atoms with E-state index in [0.717, 1.165) is 6.42 Å². The highest BCUT2D eigenvalue weighted by molar-refractivity contribution is 5.73. The second-order valence-electron chi connectivity index (χ2n) is 2.28. The summed E-state index contributed by atoms with van der Waals surface area (Å²) in [6.07, 6.45) is 0.829. The number of nitriles is 1. The van der Waals surface area contributed by atoms with Gasteiger partial charge in [-0.3, -0.25) is 4.79 Å². The van der Waals surface area contributed by atoms with E-state index < -0.39 is 0 Å². The number of carbonyl (C=O) groups excluding carboxylic acids is 1. The van der Waals surface area contributed by atoms with E-state index >= 15 is 0 Å². The Morgan fingerprint density at radius 1 is 1.89 bits per heavy atom. The number of carbonyl (C=O) groups is 1. The molecular weight excluding hydrogens is 116 g/mol. The Morgan fingerprint density at radius 2 is 2.56 bits per heavy atom. The molecule has 48 valence electrons. The van der Waals surface area contributed by atoms with Crippen molar-refractivity contribution in [1.82, 2.24) is 5.32 Å². The quantitative estimate of drug-likeness (QED) is 0.536. The number of hydrogen-bond donors (Lipinski definition) is 1. The Balaban J connectivity index is 2.22. The van der Waals surface area contributed by atoms with Gasteiger partial charge in [-0.1, -0.05) is 0 Å². The Hall–Kier alpha value is -1.04. The summed E-state index contributed by atoms with van der Waals surface area (Å²) in [6, 6.07) is 2.23. The van der Waals surface area contributed by atoms with Gasteiger partial charge in [0.25, 0.3) is 0 Å². The molecule has 0 radical (unpaired) electrons. The van der Waals surface area contributed by atoms with Crippen molar-refractivity contribution in [2.24, 2.45) is 5.92 Å². The summed E-state index contributed by atoms with van der Waals surface area (Å²) in [7, 11) is 0. The van der Waals surface area contributed by atoms with E-state index in [1.807, 2.05) is 0 Å². The van der Waals surface area contributed by atoms with Crippen molar-refractivity contribution in [2.45, 2.75) is 19.4 Å². The van der Waals surface area contributed by atoms with E-state index in [2.05, 4.69) is 11.4 Å². The zero-order valence-corrected chi connectivity index (χ0v) is 5.22. The molecule has 1 N–H and O–H groups in total. The minimum absolute atomic E-state index is 0.0437. The first-order valence-electron chi connectivity index (χ1n) is 2.90. The van der Waals surface area contributed by atoms with Gasteiger partial charge in [0.05, 0.1) is 12.0 Å². The van der Waals surface area contributed by atoms with E-state index in [4.69, 9.17) is 5.26 Å². The molecule has 2 unspecified atom stereocenters. The van der Waals surface area contributed by atoms with Crippen LogP contribution in [0.5, 0.6) is 0 Å². The van der Waals surface area contributed by atoms with Crippen LogP contribution in [0.1, 0.15) is 13.3 Å². The van der Waals surface area contributed by atoms with Gasteiger partial charge in [-0.05, 0) is 6.42 Å². The molecule has 1 amide bonds. The first kappa shape index (κ1) is 6.09. The molecule has 1 aliphatic carbocycles. The van der Waals surface area contributed by atoms with Gasteiger partial charge in [-0.2, -0.15) is 5.26 Å². The van der Waals surface area contributed by atoms with Gasteiger partial charge < -0.3 is 5.32 Å². The van der Waals surface area contributed by atoms with Crippen LogP contribution < -0.4 is 5.32 Å². The van der Waals surface area contributed by atoms with E-state index in [-0.39, 0.29) is 17.9 Å². The van der Waals surface area contributed by atoms with E-state index in [9.17, 15) is 4.79 Å². The molecule has 1 rings (SSSR count). The summed E-state index contributed by atoms with van der Waals surface area (Å²) in [5, 5.41) is 10.9. The lowest BCUT2D eigenvalue weighted by atomic mass is 10.4. The van der Waals surface area contributed by atoms with Gasteiger partial charge in [0.2, 0.25) is 5.91 Å². The Kier molecular flexibility index (Phi) is 1.39. The van der Waals surface area contributed by atoms with Crippen LogP contribution in [0.25, 0.3) is 0 Å². The van der Waals surface area contributed by atoms with Crippen molar-refractivity contribution in [3.8, 4) is 6.07 Å². The van der Waals surface area contributed by atoms with Crippen molar-refractivity contribution in [3.63, 3.8) is 0 Å². The molecule has 1 saturated carbocycles. The smallest absolute Gasteiger partial charge is 0.217 e. The third kappa shape index (κ3) is 1.43. The second kappa shape index (κ2) is 2.06. The molecule has 3 nitrogen and oxygen atoms in total. The standard InChI is InChI=1S/C6H8N2O/c1-4(9)8-6-2-5(6)3-7/h5-6H,2H2,1H3,(H,8,9). The van der Waals surface area contributed by atoms with Gasteiger partial charge >= 0.3 is 0 Å². The number of nitrogens with one attached hydrogen (secondary N) is 1. The molecule has 0 bridgehead atoms. The van der Waals surface area contributed by atoms with Crippen LogP contribution in [0.2, 0.25) is 0 Å². The highest BCUT2D eigenvalue weighted by Gasteiger charge is 2.37. The van der Waals surface area contributed by atoms with Crippen molar-refractivity contribution < 1.29 is 4.79 Å². The van der Waals surface area contributed by atoms with E-state index in [1.165, 1.54) is 6.92 Å². The minimum Gasteiger partial charge on any atom is -0.352 e. The summed E-state index contributed by atoms with van der Waals surface area (Å²) in [4.78, 5) is 10.3. The molecule has 0 saturated heterocycles. The lowest BCUT2D eigenvalue weighted by Gasteiger charge is -1.93. The van der Waals surface area contributed by atoms with Crippen molar-refractivity contribution in [3.05, 3.63) is 0 Å². The van der Waals surface area contributed by atoms with Crippen LogP contribution >= 0.6 is 0 Å². The van der Waals surface area contributed by atoms with Gasteiger partial charge in [-0.15, -0.1) is 0 Å². The summed E-state index contributed by atoms with van der Waals surface area (Å²) < 4.78 is 0. The fourth-order valence-corrected chi connectivity index (χ4v) is 0.758. The van der Waals surface area contributed by atoms with E-state index in [1.54, 1.807) is 0 Å². The maximum atomic E-state index is 10.3. The van der Waals surface area contributed by atoms with Gasteiger partial charge in [-0.25, -0.2) is 0 Å². The summed E-state index contributed by atoms with van der Waals surface area (Å²) >= 11 is 0. The van der Waals surface area contributed by atoms with Crippen LogP contribution in [0.4, 0.5) is 0 Å². The molecule has 2 atom stereocenters. The summed E-state index contributed by atoms with van der Waals surface area (Å²) in [5.41, 5.74) is 0. The summed E-state index contributed by atoms with van der Waals surface area (Å²) in [5.74, 6) is 0.0339. The molecule has 1 fully saturated rings. The normalized spacial score (nSPS) is 30.7. The van der Waals surface area contributed by atoms with Gasteiger partial charge in [0, 0.05) is 13.0 Å². The van der Waals surface area contributed by atoms with Crippen molar-refractivity contribution >= 4 is 5.91 Å². The molecule has 0 heterocycles. The topological polar surface area (TPSA) is 52.9 Å². The predicted octanol–water partition coefficient (Wildman–Crippen LogP) is 0.0346. The Morgan fingerprint density at radius 3 is 2.89 bits per heavy atom. The first-order valence-corrected chi connectivity index (χ1v) is 2.90. The molecule has 3 heteroatoms. The van der Waals surface area contributed by atoms with Crippen LogP contribution in [0, 0.1) is 17.2 Å². The number of hydrogen-bond acceptors (Lipinski definition) is 2. The Bertz CT molecular complexity index is 170. The zero-order chi connectivity index (χ0) is 6.85. The molecular formula is C6H8N2O. The first-order chi connectivity index (χ1) is 4.24. The monoisotopic (exact) mass is 124 g/mol. The molecule has 0 aliphatic heterocycles. The maximum Gasteiger partial charge on any atom is 0.217 e. The van der Waals surface area contributed by atoms with Crippen LogP contribution in [-0.4, -0.2) is 11.9 Å². The molecule has 0 aromatic heterocycles. The van der Waals surface area contributed by atoms with Gasteiger partial charge in [0.15, 0.2) is 0 Å². The van der Waals surface area contributed by atoms with Crippen LogP contribution in [-0.2, 0) is 4.79 Å². The zero-order valence-electron chi connectivity index (χ0n) is 5.22. The van der Waals surface area contributed by atoms with E-state index in [0.29, 0.717) is 0 Å². The minimum atomic E-state index is -0.0437. The third-order valence-electron chi connectivity index (χ3n) is 1.34. The number of rotatable bonds is 1. The third-order valence-corrected chi connectivity index (χ3v) is 1.34. The molecule has 1 aliphatic rings. The van der Waals surface area contributed by atoms with Crippen LogP contribution in [0.15, 0.2) is 0 Å². The van der Waals surface area contributed by atoms with Gasteiger partial charge in [0.1, 0.15) is 0 Å². The largest absolute Gasteiger partial charge is 0.352 e. The van der Waals surface area contributed by atoms with Crippen LogP contribution in [0.3, 0.4) is 0 Å². The highest BCUT2D eigenvalue weighted by atomic mass is 16.1. The fraction of sp³-hybridized carbons (Fsp3) is 0.667. The molecule has 9 heavy (non-hydrogen) atoms. The molecule has 0 spiro atoms. The number of amides is 1. The maximum absolute atomic E-state index is 10.3. The van der Waals surface area contributed by atoms with Crippen molar-refractivity contribution in [1.29, 1.82) is 5.26 Å². The molecule has 0 aromatic carbocycles. The Labute approximate surface area is 53.7 Å². The molecule has 0 aromatic rings. The SMILES string of the molecule is CC(=O)NC1CC1C#N. The number of nitrogens with zero attached hydrogens (tertiary/aromatic N) is 1. The summed E-state index contributed by atoms with van der Waals surface area (Å²) in [6.45, 7) is 1.47.